The maximum absolute atomic E-state index is 14.2. The molecule has 2 atom stereocenters. The van der Waals surface area contributed by atoms with E-state index in [9.17, 15) is 9.18 Å². The third-order valence-electron chi connectivity index (χ3n) is 3.86. The van der Waals surface area contributed by atoms with E-state index < -0.39 is 0 Å². The van der Waals surface area contributed by atoms with Crippen LogP contribution in [0, 0.1) is 5.92 Å². The topological polar surface area (TPSA) is 29.1 Å². The fourth-order valence-corrected chi connectivity index (χ4v) is 2.71. The fraction of sp³-hybridized carbons (Fsp3) is 0.316. The molecule has 0 bridgehead atoms. The highest BCUT2D eigenvalue weighted by Gasteiger charge is 2.37. The molecular weight excluding hydrogens is 348 g/mol. The Balaban J connectivity index is 1.97. The summed E-state index contributed by atoms with van der Waals surface area (Å²) in [5.74, 6) is -0.330. The van der Waals surface area contributed by atoms with Crippen molar-refractivity contribution in [3.05, 3.63) is 69.5 Å². The smallest absolute Gasteiger partial charge is 0.244 e. The van der Waals surface area contributed by atoms with Crippen LogP contribution < -0.4 is 5.32 Å². The van der Waals surface area contributed by atoms with Gasteiger partial charge in [-0.05, 0) is 61.4 Å². The number of carbonyl (C=O) groups is 1. The molecule has 0 heterocycles. The van der Waals surface area contributed by atoms with E-state index in [2.05, 4.69) is 11.9 Å². The predicted octanol–water partition coefficient (Wildman–Crippen LogP) is 5.59. The average molecular weight is 368 g/mol. The molecule has 0 spiro atoms. The Morgan fingerprint density at radius 3 is 2.71 bits per heavy atom. The molecule has 5 heteroatoms. The Morgan fingerprint density at radius 1 is 1.38 bits per heavy atom. The van der Waals surface area contributed by atoms with E-state index >= 15 is 0 Å². The summed E-state index contributed by atoms with van der Waals surface area (Å²) in [4.78, 5) is 11.7. The van der Waals surface area contributed by atoms with Gasteiger partial charge in [0.2, 0.25) is 5.91 Å². The van der Waals surface area contributed by atoms with Crippen LogP contribution >= 0.6 is 23.2 Å². The minimum atomic E-state index is -0.368. The molecule has 1 aromatic rings. The fourth-order valence-electron chi connectivity index (χ4n) is 2.40. The molecule has 1 saturated carbocycles. The Labute approximate surface area is 152 Å². The van der Waals surface area contributed by atoms with E-state index in [1.165, 1.54) is 6.08 Å². The van der Waals surface area contributed by atoms with Gasteiger partial charge in [-0.15, -0.1) is 0 Å². The number of hydrogen-bond acceptors (Lipinski definition) is 1. The van der Waals surface area contributed by atoms with E-state index in [0.29, 0.717) is 22.2 Å². The third-order valence-corrected chi connectivity index (χ3v) is 4.60. The Kier molecular flexibility index (Phi) is 6.25. The molecule has 1 aliphatic carbocycles. The number of benzene rings is 1. The maximum atomic E-state index is 14.2. The van der Waals surface area contributed by atoms with Gasteiger partial charge in [0.15, 0.2) is 0 Å². The lowest BCUT2D eigenvalue weighted by Gasteiger charge is -2.03. The van der Waals surface area contributed by atoms with Crippen molar-refractivity contribution >= 4 is 29.1 Å². The van der Waals surface area contributed by atoms with Gasteiger partial charge in [-0.2, -0.15) is 0 Å². The van der Waals surface area contributed by atoms with Crippen LogP contribution in [0.1, 0.15) is 31.7 Å². The van der Waals surface area contributed by atoms with Crippen LogP contribution in [0.4, 0.5) is 4.39 Å². The highest BCUT2D eigenvalue weighted by Crippen LogP contribution is 2.50. The third kappa shape index (κ3) is 5.22. The van der Waals surface area contributed by atoms with Crippen molar-refractivity contribution in [3.63, 3.8) is 0 Å². The van der Waals surface area contributed by atoms with Crippen molar-refractivity contribution in [1.29, 1.82) is 0 Å². The van der Waals surface area contributed by atoms with Gasteiger partial charge in [-0.1, -0.05) is 41.4 Å². The second kappa shape index (κ2) is 8.00. The minimum absolute atomic E-state index is 0.115. The molecule has 1 fully saturated rings. The zero-order valence-corrected chi connectivity index (χ0v) is 15.2. The first-order valence-electron chi connectivity index (χ1n) is 7.71. The van der Waals surface area contributed by atoms with E-state index in [1.807, 2.05) is 19.1 Å². The van der Waals surface area contributed by atoms with E-state index in [1.54, 1.807) is 19.1 Å². The van der Waals surface area contributed by atoms with Crippen LogP contribution in [0.3, 0.4) is 0 Å². The van der Waals surface area contributed by atoms with Crippen LogP contribution in [0.25, 0.3) is 0 Å². The summed E-state index contributed by atoms with van der Waals surface area (Å²) in [5, 5.41) is 3.67. The minimum Gasteiger partial charge on any atom is -0.349 e. The van der Waals surface area contributed by atoms with Gasteiger partial charge in [0.1, 0.15) is 5.83 Å². The van der Waals surface area contributed by atoms with Crippen molar-refractivity contribution in [2.45, 2.75) is 26.2 Å². The van der Waals surface area contributed by atoms with Gasteiger partial charge in [-0.25, -0.2) is 4.39 Å². The molecule has 1 aliphatic rings. The van der Waals surface area contributed by atoms with E-state index in [4.69, 9.17) is 23.2 Å². The number of nitrogens with one attached hydrogen (secondary N) is 1. The lowest BCUT2D eigenvalue weighted by Crippen LogP contribution is -2.22. The maximum Gasteiger partial charge on any atom is 0.244 e. The first-order valence-corrected chi connectivity index (χ1v) is 8.46. The molecule has 0 radical (unpaired) electrons. The second-order valence-corrected chi connectivity index (χ2v) is 7.01. The second-order valence-electron chi connectivity index (χ2n) is 6.20. The predicted molar refractivity (Wildman–Crippen MR) is 98.1 cm³/mol. The molecular formula is C19H20Cl2FNO. The molecule has 128 valence electrons. The van der Waals surface area contributed by atoms with Crippen LogP contribution in [0.5, 0.6) is 0 Å². The van der Waals surface area contributed by atoms with Gasteiger partial charge in [0.05, 0.1) is 10.0 Å². The highest BCUT2D eigenvalue weighted by molar-refractivity contribution is 6.42. The van der Waals surface area contributed by atoms with Crippen molar-refractivity contribution in [2.75, 3.05) is 6.54 Å². The molecule has 1 aromatic carbocycles. The van der Waals surface area contributed by atoms with Crippen LogP contribution in [-0.4, -0.2) is 12.5 Å². The monoisotopic (exact) mass is 367 g/mol. The van der Waals surface area contributed by atoms with E-state index in [-0.39, 0.29) is 23.6 Å². The van der Waals surface area contributed by atoms with Gasteiger partial charge >= 0.3 is 0 Å². The van der Waals surface area contributed by atoms with E-state index in [0.717, 1.165) is 17.6 Å². The number of allylic oxidation sites excluding steroid dienone is 3. The largest absolute Gasteiger partial charge is 0.349 e. The van der Waals surface area contributed by atoms with Crippen molar-refractivity contribution in [2.24, 2.45) is 5.92 Å². The first-order chi connectivity index (χ1) is 11.3. The number of hydrogen-bond donors (Lipinski definition) is 1. The number of amides is 1. The van der Waals surface area contributed by atoms with Crippen LogP contribution in [0.2, 0.25) is 10.0 Å². The molecule has 0 aromatic heterocycles. The summed E-state index contributed by atoms with van der Waals surface area (Å²) in [6.45, 7) is 7.48. The lowest BCUT2D eigenvalue weighted by atomic mass is 10.1. The zero-order valence-electron chi connectivity index (χ0n) is 13.7. The summed E-state index contributed by atoms with van der Waals surface area (Å²) >= 11 is 11.9. The van der Waals surface area contributed by atoms with Gasteiger partial charge in [0.25, 0.3) is 0 Å². The lowest BCUT2D eigenvalue weighted by molar-refractivity contribution is -0.116. The SMILES string of the molecule is C=C(C)CNC(=O)/C=C(C)\C(F)=C/[C@@H]1C[C@H]1c1ccc(Cl)c(Cl)c1. The molecule has 1 amide bonds. The quantitative estimate of drug-likeness (QED) is 0.396. The Hall–Kier alpha value is -1.58. The molecule has 2 nitrogen and oxygen atoms in total. The standard InChI is InChI=1S/C19H20Cl2FNO/c1-11(2)10-23-19(24)6-12(3)18(22)9-14-7-15(14)13-4-5-16(20)17(21)8-13/h4-6,8-9,14-15H,1,7,10H2,2-3H3,(H,23,24)/b12-6-,18-9+/t14-,15-/m0/s1. The highest BCUT2D eigenvalue weighted by atomic mass is 35.5. The summed E-state index contributed by atoms with van der Waals surface area (Å²) in [7, 11) is 0. The summed E-state index contributed by atoms with van der Waals surface area (Å²) in [6.07, 6.45) is 3.71. The Bertz CT molecular complexity index is 724. The van der Waals surface area contributed by atoms with Gasteiger partial charge in [-0.3, -0.25) is 4.79 Å². The average Bonchev–Trinajstić information content (AvgIpc) is 3.27. The Morgan fingerprint density at radius 2 is 2.08 bits per heavy atom. The number of rotatable bonds is 6. The summed E-state index contributed by atoms with van der Waals surface area (Å²) in [6, 6.07) is 5.50. The number of halogens is 3. The van der Waals surface area contributed by atoms with Crippen molar-refractivity contribution in [3.8, 4) is 0 Å². The van der Waals surface area contributed by atoms with Crippen LogP contribution in [-0.2, 0) is 4.79 Å². The van der Waals surface area contributed by atoms with Gasteiger partial charge < -0.3 is 5.32 Å². The summed E-state index contributed by atoms with van der Waals surface area (Å²) in [5.41, 5.74) is 2.21. The molecule has 0 unspecified atom stereocenters. The molecule has 0 saturated heterocycles. The number of carbonyl (C=O) groups excluding carboxylic acids is 1. The van der Waals surface area contributed by atoms with Crippen molar-refractivity contribution in [1.82, 2.24) is 5.32 Å². The molecule has 24 heavy (non-hydrogen) atoms. The molecule has 2 rings (SSSR count). The first kappa shape index (κ1) is 18.8. The molecule has 1 N–H and O–H groups in total. The zero-order chi connectivity index (χ0) is 17.9. The normalized spacial score (nSPS) is 20.7. The summed E-state index contributed by atoms with van der Waals surface area (Å²) < 4.78 is 14.2. The van der Waals surface area contributed by atoms with Crippen molar-refractivity contribution < 1.29 is 9.18 Å². The van der Waals surface area contributed by atoms with Crippen LogP contribution in [0.15, 0.2) is 53.9 Å². The van der Waals surface area contributed by atoms with Gasteiger partial charge in [0, 0.05) is 12.6 Å². The molecule has 0 aliphatic heterocycles.